The van der Waals surface area contributed by atoms with Crippen molar-refractivity contribution in [3.05, 3.63) is 17.7 Å². The molecular weight excluding hydrogens is 232 g/mol. The van der Waals surface area contributed by atoms with Gasteiger partial charge in [-0.3, -0.25) is 4.79 Å². The maximum atomic E-state index is 11.7. The van der Waals surface area contributed by atoms with Crippen LogP contribution in [0.25, 0.3) is 0 Å². The van der Waals surface area contributed by atoms with Gasteiger partial charge in [0, 0.05) is 12.5 Å². The Morgan fingerprint density at radius 1 is 1.39 bits per heavy atom. The highest BCUT2D eigenvalue weighted by Crippen LogP contribution is 2.42. The van der Waals surface area contributed by atoms with E-state index < -0.39 is 0 Å². The van der Waals surface area contributed by atoms with E-state index in [2.05, 4.69) is 5.32 Å². The van der Waals surface area contributed by atoms with Gasteiger partial charge in [-0.15, -0.1) is 0 Å². The van der Waals surface area contributed by atoms with Gasteiger partial charge in [-0.05, 0) is 30.5 Å². The highest BCUT2D eigenvalue weighted by Gasteiger charge is 2.27. The monoisotopic (exact) mass is 250 g/mol. The summed E-state index contributed by atoms with van der Waals surface area (Å²) in [6.45, 7) is 0.552. The number of nitrogens with two attached hydrogens (primary N) is 1. The Bertz CT molecular complexity index is 460. The molecule has 0 aliphatic carbocycles. The third kappa shape index (κ3) is 2.26. The number of rotatable bonds is 4. The number of ether oxygens (including phenoxy) is 2. The summed E-state index contributed by atoms with van der Waals surface area (Å²) in [6, 6.07) is 3.71. The van der Waals surface area contributed by atoms with Gasteiger partial charge in [0.25, 0.3) is 0 Å². The van der Waals surface area contributed by atoms with E-state index in [1.54, 1.807) is 20.3 Å². The first-order chi connectivity index (χ1) is 8.69. The molecule has 0 spiro atoms. The van der Waals surface area contributed by atoms with E-state index >= 15 is 0 Å². The van der Waals surface area contributed by atoms with Gasteiger partial charge in [0.05, 0.1) is 19.9 Å². The molecule has 1 heterocycles. The van der Waals surface area contributed by atoms with Crippen LogP contribution < -0.4 is 20.5 Å². The average molecular weight is 250 g/mol. The van der Waals surface area contributed by atoms with Gasteiger partial charge in [0.2, 0.25) is 5.91 Å². The van der Waals surface area contributed by atoms with Gasteiger partial charge in [-0.1, -0.05) is 0 Å². The molecule has 5 heteroatoms. The Labute approximate surface area is 106 Å². The van der Waals surface area contributed by atoms with Crippen LogP contribution in [0.5, 0.6) is 11.5 Å². The number of carbonyl (C=O) groups is 1. The lowest BCUT2D eigenvalue weighted by Gasteiger charge is -2.27. The highest BCUT2D eigenvalue weighted by atomic mass is 16.5. The summed E-state index contributed by atoms with van der Waals surface area (Å²) in [5.41, 5.74) is 7.39. The van der Waals surface area contributed by atoms with Crippen molar-refractivity contribution in [2.24, 2.45) is 5.73 Å². The van der Waals surface area contributed by atoms with Crippen molar-refractivity contribution in [1.82, 2.24) is 0 Å². The maximum Gasteiger partial charge on any atom is 0.225 e. The summed E-state index contributed by atoms with van der Waals surface area (Å²) in [4.78, 5) is 11.7. The third-order valence-electron chi connectivity index (χ3n) is 3.21. The second-order valence-electron chi connectivity index (χ2n) is 4.32. The molecule has 1 unspecified atom stereocenters. The van der Waals surface area contributed by atoms with Crippen LogP contribution in [-0.4, -0.2) is 26.7 Å². The highest BCUT2D eigenvalue weighted by molar-refractivity contribution is 5.96. The van der Waals surface area contributed by atoms with Crippen LogP contribution in [0, 0.1) is 0 Å². The Morgan fingerprint density at radius 3 is 2.78 bits per heavy atom. The summed E-state index contributed by atoms with van der Waals surface area (Å²) < 4.78 is 10.6. The zero-order valence-electron chi connectivity index (χ0n) is 10.7. The number of anilines is 1. The minimum absolute atomic E-state index is 0.00409. The Morgan fingerprint density at radius 2 is 2.17 bits per heavy atom. The number of nitrogens with one attached hydrogen (secondary N) is 1. The molecule has 0 saturated carbocycles. The van der Waals surface area contributed by atoms with Crippen LogP contribution in [0.15, 0.2) is 12.1 Å². The topological polar surface area (TPSA) is 73.6 Å². The molecule has 1 atom stereocenters. The van der Waals surface area contributed by atoms with E-state index in [0.717, 1.165) is 23.4 Å². The first kappa shape index (κ1) is 12.7. The van der Waals surface area contributed by atoms with E-state index in [-0.39, 0.29) is 11.8 Å². The fourth-order valence-electron chi connectivity index (χ4n) is 2.33. The first-order valence-corrected chi connectivity index (χ1v) is 5.95. The molecule has 2 rings (SSSR count). The summed E-state index contributed by atoms with van der Waals surface area (Å²) in [6.07, 6.45) is 1.23. The van der Waals surface area contributed by atoms with Gasteiger partial charge >= 0.3 is 0 Å². The fraction of sp³-hybridized carbons (Fsp3) is 0.462. The van der Waals surface area contributed by atoms with Crippen LogP contribution in [0.4, 0.5) is 5.69 Å². The van der Waals surface area contributed by atoms with Crippen molar-refractivity contribution >= 4 is 11.6 Å². The Balaban J connectivity index is 2.50. The molecule has 0 fully saturated rings. The standard InChI is InChI=1S/C13H18N2O3/c1-17-9-6-10-8(3-4-14)5-12(16)15-13(10)11(7-9)18-2/h6-8H,3-5,14H2,1-2H3,(H,15,16). The zero-order valence-corrected chi connectivity index (χ0v) is 10.7. The van der Waals surface area contributed by atoms with Crippen LogP contribution in [-0.2, 0) is 4.79 Å². The van der Waals surface area contributed by atoms with Crippen molar-refractivity contribution in [1.29, 1.82) is 0 Å². The van der Waals surface area contributed by atoms with Crippen molar-refractivity contribution in [3.8, 4) is 11.5 Å². The lowest BCUT2D eigenvalue weighted by molar-refractivity contribution is -0.116. The van der Waals surface area contributed by atoms with Crippen LogP contribution in [0.3, 0.4) is 0 Å². The van der Waals surface area contributed by atoms with Gasteiger partial charge in [-0.25, -0.2) is 0 Å². The summed E-state index contributed by atoms with van der Waals surface area (Å²) >= 11 is 0. The molecule has 0 aromatic heterocycles. The maximum absolute atomic E-state index is 11.7. The lowest BCUT2D eigenvalue weighted by Crippen LogP contribution is -2.24. The molecule has 18 heavy (non-hydrogen) atoms. The lowest BCUT2D eigenvalue weighted by atomic mass is 9.87. The van der Waals surface area contributed by atoms with Gasteiger partial charge < -0.3 is 20.5 Å². The summed E-state index contributed by atoms with van der Waals surface area (Å²) in [5.74, 6) is 1.48. The van der Waals surface area contributed by atoms with Crippen molar-refractivity contribution < 1.29 is 14.3 Å². The molecule has 3 N–H and O–H groups in total. The molecule has 0 saturated heterocycles. The molecule has 1 aromatic rings. The summed E-state index contributed by atoms with van der Waals surface area (Å²) in [7, 11) is 3.19. The van der Waals surface area contributed by atoms with E-state index in [1.165, 1.54) is 0 Å². The number of methoxy groups -OCH3 is 2. The quantitative estimate of drug-likeness (QED) is 0.848. The molecule has 98 valence electrons. The normalized spacial score (nSPS) is 17.9. The Kier molecular flexibility index (Phi) is 3.72. The van der Waals surface area contributed by atoms with Crippen LogP contribution in [0.2, 0.25) is 0 Å². The van der Waals surface area contributed by atoms with Crippen molar-refractivity contribution in [3.63, 3.8) is 0 Å². The van der Waals surface area contributed by atoms with E-state index in [4.69, 9.17) is 15.2 Å². The number of benzene rings is 1. The minimum Gasteiger partial charge on any atom is -0.497 e. The fourth-order valence-corrected chi connectivity index (χ4v) is 2.33. The molecule has 1 aliphatic rings. The number of fused-ring (bicyclic) bond motifs is 1. The second kappa shape index (κ2) is 5.27. The number of carbonyl (C=O) groups excluding carboxylic acids is 1. The average Bonchev–Trinajstić information content (AvgIpc) is 2.38. The molecule has 1 aliphatic heterocycles. The molecule has 0 bridgehead atoms. The molecule has 1 aromatic carbocycles. The predicted molar refractivity (Wildman–Crippen MR) is 69.2 cm³/mol. The van der Waals surface area contributed by atoms with Crippen molar-refractivity contribution in [2.45, 2.75) is 18.8 Å². The first-order valence-electron chi connectivity index (χ1n) is 5.95. The van der Waals surface area contributed by atoms with Gasteiger partial charge in [-0.2, -0.15) is 0 Å². The van der Waals surface area contributed by atoms with E-state index in [1.807, 2.05) is 6.07 Å². The van der Waals surface area contributed by atoms with Gasteiger partial charge in [0.1, 0.15) is 11.5 Å². The molecule has 0 radical (unpaired) electrons. The molecular formula is C13H18N2O3. The third-order valence-corrected chi connectivity index (χ3v) is 3.21. The van der Waals surface area contributed by atoms with Gasteiger partial charge in [0.15, 0.2) is 0 Å². The van der Waals surface area contributed by atoms with Crippen molar-refractivity contribution in [2.75, 3.05) is 26.1 Å². The van der Waals surface area contributed by atoms with Crippen LogP contribution >= 0.6 is 0 Å². The van der Waals surface area contributed by atoms with E-state index in [9.17, 15) is 4.79 Å². The minimum atomic E-state index is 0.00409. The number of amides is 1. The zero-order chi connectivity index (χ0) is 13.1. The Hall–Kier alpha value is -1.75. The molecule has 1 amide bonds. The largest absolute Gasteiger partial charge is 0.497 e. The SMILES string of the molecule is COc1cc(OC)c2c(c1)C(CCN)CC(=O)N2. The predicted octanol–water partition coefficient (Wildman–Crippen LogP) is 1.48. The van der Waals surface area contributed by atoms with E-state index in [0.29, 0.717) is 18.7 Å². The van der Waals surface area contributed by atoms with Crippen LogP contribution in [0.1, 0.15) is 24.3 Å². The number of hydrogen-bond acceptors (Lipinski definition) is 4. The molecule has 5 nitrogen and oxygen atoms in total. The number of hydrogen-bond donors (Lipinski definition) is 2. The smallest absolute Gasteiger partial charge is 0.225 e. The second-order valence-corrected chi connectivity index (χ2v) is 4.32. The summed E-state index contributed by atoms with van der Waals surface area (Å²) in [5, 5.41) is 2.86.